The molecule has 4 nitrogen and oxygen atoms in total. The van der Waals surface area contributed by atoms with Gasteiger partial charge >= 0.3 is 0 Å². The molecular formula is C15H17ClN4. The molecule has 0 fully saturated rings. The number of nitrogens with one attached hydrogen (secondary N) is 1. The van der Waals surface area contributed by atoms with Gasteiger partial charge in [0.25, 0.3) is 0 Å². The summed E-state index contributed by atoms with van der Waals surface area (Å²) in [6, 6.07) is 11.6. The number of benzene rings is 1. The van der Waals surface area contributed by atoms with Gasteiger partial charge in [-0.25, -0.2) is 0 Å². The molecule has 0 aliphatic rings. The zero-order chi connectivity index (χ0) is 14.7. The number of aromatic nitrogens is 1. The molecule has 0 spiro atoms. The third-order valence-electron chi connectivity index (χ3n) is 3.33. The van der Waals surface area contributed by atoms with Gasteiger partial charge in [0.05, 0.1) is 11.7 Å². The van der Waals surface area contributed by atoms with E-state index in [-0.39, 0.29) is 11.9 Å². The van der Waals surface area contributed by atoms with Crippen LogP contribution in [0.4, 0.5) is 5.69 Å². The van der Waals surface area contributed by atoms with E-state index in [0.717, 1.165) is 11.3 Å². The summed E-state index contributed by atoms with van der Waals surface area (Å²) in [5, 5.41) is 8.33. The highest BCUT2D eigenvalue weighted by Gasteiger charge is 2.17. The topological polar surface area (TPSA) is 66.0 Å². The number of hydrogen-bond donors (Lipinski definition) is 2. The van der Waals surface area contributed by atoms with Crippen molar-refractivity contribution in [3.8, 4) is 0 Å². The van der Waals surface area contributed by atoms with Crippen molar-refractivity contribution in [1.82, 2.24) is 4.98 Å². The second-order valence-electron chi connectivity index (χ2n) is 4.63. The molecule has 5 heteroatoms. The van der Waals surface area contributed by atoms with Gasteiger partial charge < -0.3 is 10.6 Å². The molecule has 0 saturated carbocycles. The van der Waals surface area contributed by atoms with E-state index in [4.69, 9.17) is 22.7 Å². The molecular weight excluding hydrogens is 272 g/mol. The van der Waals surface area contributed by atoms with Crippen molar-refractivity contribution in [1.29, 1.82) is 5.41 Å². The maximum absolute atomic E-state index is 7.62. The van der Waals surface area contributed by atoms with Gasteiger partial charge in [-0.05, 0) is 36.8 Å². The second-order valence-corrected chi connectivity index (χ2v) is 5.06. The molecule has 1 unspecified atom stereocenters. The van der Waals surface area contributed by atoms with Gasteiger partial charge in [-0.2, -0.15) is 0 Å². The first kappa shape index (κ1) is 14.3. The Morgan fingerprint density at radius 1 is 1.35 bits per heavy atom. The van der Waals surface area contributed by atoms with Crippen LogP contribution >= 0.6 is 11.6 Å². The fourth-order valence-corrected chi connectivity index (χ4v) is 2.29. The normalized spacial score (nSPS) is 11.9. The van der Waals surface area contributed by atoms with Crippen LogP contribution in [-0.4, -0.2) is 17.9 Å². The van der Waals surface area contributed by atoms with Crippen LogP contribution in [-0.2, 0) is 0 Å². The Morgan fingerprint density at radius 2 is 2.10 bits per heavy atom. The number of amidine groups is 1. The van der Waals surface area contributed by atoms with Crippen LogP contribution in [0.5, 0.6) is 0 Å². The summed E-state index contributed by atoms with van der Waals surface area (Å²) in [6.45, 7) is 2.07. The lowest BCUT2D eigenvalue weighted by Gasteiger charge is -2.28. The first-order chi connectivity index (χ1) is 9.50. The Labute approximate surface area is 123 Å². The van der Waals surface area contributed by atoms with Crippen LogP contribution in [0.25, 0.3) is 0 Å². The Morgan fingerprint density at radius 3 is 2.75 bits per heavy atom. The highest BCUT2D eigenvalue weighted by molar-refractivity contribution is 6.30. The summed E-state index contributed by atoms with van der Waals surface area (Å²) in [4.78, 5) is 6.21. The Balaban J connectivity index is 2.36. The lowest BCUT2D eigenvalue weighted by Crippen LogP contribution is -2.26. The van der Waals surface area contributed by atoms with Crippen LogP contribution in [0.15, 0.2) is 42.6 Å². The van der Waals surface area contributed by atoms with Crippen molar-refractivity contribution in [2.24, 2.45) is 5.73 Å². The minimum atomic E-state index is -0.0363. The summed E-state index contributed by atoms with van der Waals surface area (Å²) in [5.74, 6) is -0.0363. The highest BCUT2D eigenvalue weighted by atomic mass is 35.5. The predicted octanol–water partition coefficient (Wildman–Crippen LogP) is 3.22. The average molecular weight is 289 g/mol. The number of nitrogen functional groups attached to an aromatic ring is 1. The lowest BCUT2D eigenvalue weighted by molar-refractivity contribution is 0.737. The first-order valence-electron chi connectivity index (χ1n) is 6.28. The number of rotatable bonds is 4. The predicted molar refractivity (Wildman–Crippen MR) is 83.5 cm³/mol. The fourth-order valence-electron chi connectivity index (χ4n) is 2.09. The molecule has 1 aromatic carbocycles. The van der Waals surface area contributed by atoms with Crippen LogP contribution < -0.4 is 10.6 Å². The maximum Gasteiger partial charge on any atom is 0.143 e. The van der Waals surface area contributed by atoms with E-state index >= 15 is 0 Å². The lowest BCUT2D eigenvalue weighted by atomic mass is 10.1. The molecule has 1 heterocycles. The van der Waals surface area contributed by atoms with Crippen LogP contribution in [0.2, 0.25) is 5.02 Å². The van der Waals surface area contributed by atoms with E-state index in [1.54, 1.807) is 6.20 Å². The van der Waals surface area contributed by atoms with Crippen LogP contribution in [0.3, 0.4) is 0 Å². The summed E-state index contributed by atoms with van der Waals surface area (Å²) in [7, 11) is 1.95. The molecule has 3 N–H and O–H groups in total. The van der Waals surface area contributed by atoms with E-state index in [0.29, 0.717) is 10.7 Å². The van der Waals surface area contributed by atoms with E-state index in [1.165, 1.54) is 0 Å². The minimum Gasteiger partial charge on any atom is -0.382 e. The molecule has 0 aliphatic carbocycles. The summed E-state index contributed by atoms with van der Waals surface area (Å²) >= 11 is 6.04. The van der Waals surface area contributed by atoms with Crippen molar-refractivity contribution >= 4 is 23.1 Å². The Kier molecular flexibility index (Phi) is 4.25. The van der Waals surface area contributed by atoms with Crippen molar-refractivity contribution in [3.63, 3.8) is 0 Å². The molecule has 0 saturated heterocycles. The maximum atomic E-state index is 7.62. The van der Waals surface area contributed by atoms with Crippen LogP contribution in [0.1, 0.15) is 24.2 Å². The van der Waals surface area contributed by atoms with Gasteiger partial charge in [0.1, 0.15) is 11.5 Å². The van der Waals surface area contributed by atoms with Crippen LogP contribution in [0, 0.1) is 5.41 Å². The largest absolute Gasteiger partial charge is 0.382 e. The SMILES string of the molecule is CC(c1cccc(Cl)c1)N(C)c1cccnc1C(=N)N. The van der Waals surface area contributed by atoms with Gasteiger partial charge in [-0.1, -0.05) is 23.7 Å². The number of halogens is 1. The smallest absolute Gasteiger partial charge is 0.143 e. The molecule has 0 bridgehead atoms. The van der Waals surface area contributed by atoms with Crippen molar-refractivity contribution in [2.75, 3.05) is 11.9 Å². The van der Waals surface area contributed by atoms with Gasteiger partial charge in [0.15, 0.2) is 0 Å². The number of anilines is 1. The van der Waals surface area contributed by atoms with Crippen molar-refractivity contribution in [2.45, 2.75) is 13.0 Å². The Bertz CT molecular complexity index is 627. The van der Waals surface area contributed by atoms with E-state index in [9.17, 15) is 0 Å². The third kappa shape index (κ3) is 2.91. The zero-order valence-electron chi connectivity index (χ0n) is 11.5. The molecule has 0 amide bonds. The molecule has 0 aliphatic heterocycles. The van der Waals surface area contributed by atoms with E-state index in [1.807, 2.05) is 48.3 Å². The van der Waals surface area contributed by atoms with Gasteiger partial charge in [0, 0.05) is 18.3 Å². The molecule has 0 radical (unpaired) electrons. The minimum absolute atomic E-state index is 0.0363. The molecule has 20 heavy (non-hydrogen) atoms. The summed E-state index contributed by atoms with van der Waals surface area (Å²) in [6.07, 6.45) is 1.64. The Hall–Kier alpha value is -2.07. The number of pyridine rings is 1. The van der Waals surface area contributed by atoms with Gasteiger partial charge in [-0.15, -0.1) is 0 Å². The molecule has 1 aromatic heterocycles. The monoisotopic (exact) mass is 288 g/mol. The standard InChI is InChI=1S/C15H17ClN4/c1-10(11-5-3-6-12(16)9-11)20(2)13-7-4-8-19-14(13)15(17)18/h3-10H,1-2H3,(H3,17,18). The quantitative estimate of drug-likeness (QED) is 0.670. The summed E-state index contributed by atoms with van der Waals surface area (Å²) < 4.78 is 0. The van der Waals surface area contributed by atoms with Gasteiger partial charge in [-0.3, -0.25) is 10.4 Å². The molecule has 1 atom stereocenters. The third-order valence-corrected chi connectivity index (χ3v) is 3.57. The number of nitrogens with zero attached hydrogens (tertiary/aromatic N) is 2. The summed E-state index contributed by atoms with van der Waals surface area (Å²) in [5.41, 5.74) is 8.00. The highest BCUT2D eigenvalue weighted by Crippen LogP contribution is 2.28. The van der Waals surface area contributed by atoms with Crippen molar-refractivity contribution in [3.05, 3.63) is 58.9 Å². The van der Waals surface area contributed by atoms with Gasteiger partial charge in [0.2, 0.25) is 0 Å². The number of nitrogens with two attached hydrogens (primary N) is 1. The molecule has 2 aromatic rings. The molecule has 104 valence electrons. The number of hydrogen-bond acceptors (Lipinski definition) is 3. The zero-order valence-corrected chi connectivity index (χ0v) is 12.2. The fraction of sp³-hybridized carbons (Fsp3) is 0.200. The second kappa shape index (κ2) is 5.92. The molecule has 2 rings (SSSR count). The average Bonchev–Trinajstić information content (AvgIpc) is 2.45. The first-order valence-corrected chi connectivity index (χ1v) is 6.66. The van der Waals surface area contributed by atoms with E-state index < -0.39 is 0 Å². The van der Waals surface area contributed by atoms with E-state index in [2.05, 4.69) is 11.9 Å². The van der Waals surface area contributed by atoms with Crippen molar-refractivity contribution < 1.29 is 0 Å².